The lowest BCUT2D eigenvalue weighted by Gasteiger charge is -2.08. The molecular weight excluding hydrogens is 266 g/mol. The van der Waals surface area contributed by atoms with E-state index in [0.717, 1.165) is 9.37 Å². The van der Waals surface area contributed by atoms with Crippen LogP contribution in [0.5, 0.6) is 0 Å². The molecule has 0 amide bonds. The summed E-state index contributed by atoms with van der Waals surface area (Å²) in [5.74, 6) is 0.471. The van der Waals surface area contributed by atoms with E-state index >= 15 is 0 Å². The number of nitrogen functional groups attached to an aromatic ring is 1. The number of aliphatic hydroxyl groups is 2. The van der Waals surface area contributed by atoms with E-state index in [2.05, 4.69) is 15.9 Å². The zero-order valence-corrected chi connectivity index (χ0v) is 9.88. The number of nitrogens with two attached hydrogens (primary N) is 1. The van der Waals surface area contributed by atoms with Crippen molar-refractivity contribution in [3.63, 3.8) is 0 Å². The Morgan fingerprint density at radius 1 is 1.50 bits per heavy atom. The molecule has 1 aromatic carbocycles. The smallest absolute Gasteiger partial charge is 0.0864 e. The molecule has 78 valence electrons. The summed E-state index contributed by atoms with van der Waals surface area (Å²) in [4.78, 5) is 1.01. The first-order chi connectivity index (χ1) is 6.63. The molecule has 0 saturated carbocycles. The van der Waals surface area contributed by atoms with Gasteiger partial charge >= 0.3 is 0 Å². The fourth-order valence-corrected chi connectivity index (χ4v) is 2.45. The van der Waals surface area contributed by atoms with Crippen molar-refractivity contribution < 1.29 is 10.2 Å². The van der Waals surface area contributed by atoms with Gasteiger partial charge < -0.3 is 15.9 Å². The zero-order valence-electron chi connectivity index (χ0n) is 7.48. The van der Waals surface area contributed by atoms with Gasteiger partial charge in [0.05, 0.1) is 12.7 Å². The van der Waals surface area contributed by atoms with Crippen LogP contribution >= 0.6 is 27.7 Å². The van der Waals surface area contributed by atoms with Crippen LogP contribution in [0.3, 0.4) is 0 Å². The Labute approximate surface area is 95.4 Å². The van der Waals surface area contributed by atoms with E-state index in [1.165, 1.54) is 11.8 Å². The van der Waals surface area contributed by atoms with Crippen molar-refractivity contribution in [2.24, 2.45) is 0 Å². The van der Waals surface area contributed by atoms with Gasteiger partial charge in [0.2, 0.25) is 0 Å². The summed E-state index contributed by atoms with van der Waals surface area (Å²) in [6, 6.07) is 5.50. The molecule has 0 aliphatic heterocycles. The van der Waals surface area contributed by atoms with Crippen LogP contribution in [0, 0.1) is 0 Å². The van der Waals surface area contributed by atoms with E-state index in [4.69, 9.17) is 15.9 Å². The first-order valence-electron chi connectivity index (χ1n) is 4.10. The van der Waals surface area contributed by atoms with E-state index < -0.39 is 6.10 Å². The predicted octanol–water partition coefficient (Wildman–Crippen LogP) is 1.48. The number of hydrogen-bond acceptors (Lipinski definition) is 4. The van der Waals surface area contributed by atoms with E-state index in [1.54, 1.807) is 6.07 Å². The Morgan fingerprint density at radius 2 is 2.21 bits per heavy atom. The molecule has 0 aromatic heterocycles. The molecular formula is C9H12BrNO2S. The minimum Gasteiger partial charge on any atom is -0.399 e. The molecule has 0 spiro atoms. The molecule has 1 aromatic rings. The molecule has 1 unspecified atom stereocenters. The molecule has 14 heavy (non-hydrogen) atoms. The second-order valence-corrected chi connectivity index (χ2v) is 4.75. The Balaban J connectivity index is 2.59. The van der Waals surface area contributed by atoms with Gasteiger partial charge in [-0.05, 0) is 34.1 Å². The Bertz CT molecular complexity index is 309. The topological polar surface area (TPSA) is 66.5 Å². The molecule has 0 heterocycles. The maximum Gasteiger partial charge on any atom is 0.0864 e. The van der Waals surface area contributed by atoms with Crippen LogP contribution in [0.1, 0.15) is 0 Å². The van der Waals surface area contributed by atoms with Crippen LogP contribution in [-0.4, -0.2) is 28.7 Å². The molecule has 3 nitrogen and oxygen atoms in total. The SMILES string of the molecule is Nc1ccc(SCC(O)CO)c(Br)c1. The van der Waals surface area contributed by atoms with E-state index in [0.29, 0.717) is 11.4 Å². The zero-order chi connectivity index (χ0) is 10.6. The fraction of sp³-hybridized carbons (Fsp3) is 0.333. The summed E-state index contributed by atoms with van der Waals surface area (Å²) >= 11 is 4.85. The van der Waals surface area contributed by atoms with Crippen LogP contribution in [-0.2, 0) is 0 Å². The summed E-state index contributed by atoms with van der Waals surface area (Å²) in [6.07, 6.45) is -0.676. The maximum atomic E-state index is 9.15. The first kappa shape index (κ1) is 11.8. The van der Waals surface area contributed by atoms with Gasteiger partial charge in [0.15, 0.2) is 0 Å². The number of rotatable bonds is 4. The Hall–Kier alpha value is -0.230. The highest BCUT2D eigenvalue weighted by Gasteiger charge is 2.05. The lowest BCUT2D eigenvalue weighted by Crippen LogP contribution is -2.14. The van der Waals surface area contributed by atoms with Crippen molar-refractivity contribution in [3.05, 3.63) is 22.7 Å². The van der Waals surface area contributed by atoms with E-state index in [-0.39, 0.29) is 6.61 Å². The number of benzene rings is 1. The highest BCUT2D eigenvalue weighted by Crippen LogP contribution is 2.29. The van der Waals surface area contributed by atoms with Crippen molar-refractivity contribution in [3.8, 4) is 0 Å². The summed E-state index contributed by atoms with van der Waals surface area (Å²) in [5.41, 5.74) is 6.28. The molecule has 1 rings (SSSR count). The molecule has 0 fully saturated rings. The number of aliphatic hydroxyl groups excluding tert-OH is 2. The highest BCUT2D eigenvalue weighted by atomic mass is 79.9. The molecule has 5 heteroatoms. The third-order valence-electron chi connectivity index (χ3n) is 1.60. The number of anilines is 1. The number of hydrogen-bond donors (Lipinski definition) is 3. The predicted molar refractivity (Wildman–Crippen MR) is 62.4 cm³/mol. The van der Waals surface area contributed by atoms with Gasteiger partial charge in [-0.15, -0.1) is 11.8 Å². The van der Waals surface area contributed by atoms with Crippen molar-refractivity contribution in [2.45, 2.75) is 11.0 Å². The molecule has 1 atom stereocenters. The van der Waals surface area contributed by atoms with Crippen LogP contribution < -0.4 is 5.73 Å². The van der Waals surface area contributed by atoms with Crippen molar-refractivity contribution >= 4 is 33.4 Å². The molecule has 0 bridgehead atoms. The third kappa shape index (κ3) is 3.49. The Kier molecular flexibility index (Phi) is 4.74. The monoisotopic (exact) mass is 277 g/mol. The van der Waals surface area contributed by atoms with Crippen molar-refractivity contribution in [1.82, 2.24) is 0 Å². The van der Waals surface area contributed by atoms with Crippen molar-refractivity contribution in [1.29, 1.82) is 0 Å². The highest BCUT2D eigenvalue weighted by molar-refractivity contribution is 9.10. The quantitative estimate of drug-likeness (QED) is 0.576. The summed E-state index contributed by atoms with van der Waals surface area (Å²) in [7, 11) is 0. The molecule has 0 aliphatic rings. The third-order valence-corrected chi connectivity index (χ3v) is 3.73. The molecule has 0 radical (unpaired) electrons. The van der Waals surface area contributed by atoms with Crippen LogP contribution in [0.2, 0.25) is 0 Å². The van der Waals surface area contributed by atoms with Crippen LogP contribution in [0.15, 0.2) is 27.6 Å². The lowest BCUT2D eigenvalue weighted by atomic mass is 10.3. The summed E-state index contributed by atoms with van der Waals surface area (Å²) < 4.78 is 0.910. The van der Waals surface area contributed by atoms with E-state index in [9.17, 15) is 0 Å². The van der Waals surface area contributed by atoms with Gasteiger partial charge in [-0.1, -0.05) is 0 Å². The van der Waals surface area contributed by atoms with Gasteiger partial charge in [-0.25, -0.2) is 0 Å². The maximum absolute atomic E-state index is 9.15. The minimum absolute atomic E-state index is 0.209. The second kappa shape index (κ2) is 5.60. The standard InChI is InChI=1S/C9H12BrNO2S/c10-8-3-6(11)1-2-9(8)14-5-7(13)4-12/h1-3,7,12-13H,4-5,11H2. The fourth-order valence-electron chi connectivity index (χ4n) is 0.873. The Morgan fingerprint density at radius 3 is 2.79 bits per heavy atom. The minimum atomic E-state index is -0.676. The second-order valence-electron chi connectivity index (χ2n) is 2.84. The lowest BCUT2D eigenvalue weighted by molar-refractivity contribution is 0.113. The average molecular weight is 278 g/mol. The first-order valence-corrected chi connectivity index (χ1v) is 5.88. The number of halogens is 1. The van der Waals surface area contributed by atoms with Gasteiger partial charge in [-0.3, -0.25) is 0 Å². The number of thioether (sulfide) groups is 1. The molecule has 0 aliphatic carbocycles. The van der Waals surface area contributed by atoms with Gasteiger partial charge in [0.25, 0.3) is 0 Å². The van der Waals surface area contributed by atoms with Gasteiger partial charge in [-0.2, -0.15) is 0 Å². The molecule has 4 N–H and O–H groups in total. The van der Waals surface area contributed by atoms with Crippen LogP contribution in [0.25, 0.3) is 0 Å². The molecule has 0 saturated heterocycles. The average Bonchev–Trinajstić information content (AvgIpc) is 2.16. The largest absolute Gasteiger partial charge is 0.399 e. The van der Waals surface area contributed by atoms with Gasteiger partial charge in [0, 0.05) is 20.8 Å². The van der Waals surface area contributed by atoms with Crippen molar-refractivity contribution in [2.75, 3.05) is 18.1 Å². The van der Waals surface area contributed by atoms with Crippen LogP contribution in [0.4, 0.5) is 5.69 Å². The normalized spacial score (nSPS) is 12.8. The summed E-state index contributed by atoms with van der Waals surface area (Å²) in [5, 5.41) is 17.8. The van der Waals surface area contributed by atoms with Gasteiger partial charge in [0.1, 0.15) is 0 Å². The summed E-state index contributed by atoms with van der Waals surface area (Å²) in [6.45, 7) is -0.209. The van der Waals surface area contributed by atoms with E-state index in [1.807, 2.05) is 12.1 Å².